The fourth-order valence-electron chi connectivity index (χ4n) is 3.42. The number of carbonyl (C=O) groups is 1. The van der Waals surface area contributed by atoms with E-state index in [0.29, 0.717) is 37.3 Å². The fraction of sp³-hybridized carbons (Fsp3) is 0.350. The van der Waals surface area contributed by atoms with E-state index >= 15 is 0 Å². The third kappa shape index (κ3) is 4.49. The summed E-state index contributed by atoms with van der Waals surface area (Å²) in [4.78, 5) is 27.3. The first kappa shape index (κ1) is 19.0. The molecule has 1 amide bonds. The molecule has 1 saturated heterocycles. The van der Waals surface area contributed by atoms with Crippen molar-refractivity contribution in [3.63, 3.8) is 0 Å². The lowest BCUT2D eigenvalue weighted by Gasteiger charge is -2.22. The molecule has 7 heteroatoms. The molecule has 0 atom stereocenters. The number of amides is 1. The molecule has 0 spiro atoms. The summed E-state index contributed by atoms with van der Waals surface area (Å²) < 4.78 is 13.4. The van der Waals surface area contributed by atoms with Crippen molar-refractivity contribution in [2.75, 3.05) is 26.2 Å². The van der Waals surface area contributed by atoms with Gasteiger partial charge in [-0.05, 0) is 37.1 Å². The minimum Gasteiger partial charge on any atom is -0.337 e. The Bertz CT molecular complexity index is 856. The van der Waals surface area contributed by atoms with E-state index in [0.717, 1.165) is 18.5 Å². The Morgan fingerprint density at radius 3 is 2.67 bits per heavy atom. The number of carbonyl (C=O) groups excluding carboxylic acids is 1. The monoisotopic (exact) mass is 371 g/mol. The molecule has 2 aromatic carbocycles. The molecule has 27 heavy (non-hydrogen) atoms. The Morgan fingerprint density at radius 2 is 1.93 bits per heavy atom. The molecule has 1 fully saturated rings. The standard InChI is InChI=1S/C20H22FN3O3/c1-15-17(6-3-8-19(15)24(26)27)14-22-9-4-10-23(12-11-22)20(25)16-5-2-7-18(21)13-16/h2-3,5-8,13H,4,9-12,14H2,1H3. The van der Waals surface area contributed by atoms with Crippen molar-refractivity contribution in [3.8, 4) is 0 Å². The van der Waals surface area contributed by atoms with Gasteiger partial charge < -0.3 is 4.90 Å². The van der Waals surface area contributed by atoms with Gasteiger partial charge in [-0.3, -0.25) is 19.8 Å². The van der Waals surface area contributed by atoms with E-state index < -0.39 is 5.82 Å². The maximum Gasteiger partial charge on any atom is 0.272 e. The third-order valence-electron chi connectivity index (χ3n) is 4.96. The molecule has 0 N–H and O–H groups in total. The van der Waals surface area contributed by atoms with Gasteiger partial charge in [-0.1, -0.05) is 18.2 Å². The van der Waals surface area contributed by atoms with Gasteiger partial charge in [0.15, 0.2) is 0 Å². The van der Waals surface area contributed by atoms with Gasteiger partial charge in [-0.2, -0.15) is 0 Å². The van der Waals surface area contributed by atoms with Crippen molar-refractivity contribution in [2.24, 2.45) is 0 Å². The Labute approximate surface area is 157 Å². The molecule has 3 rings (SSSR count). The summed E-state index contributed by atoms with van der Waals surface area (Å²) in [6.45, 7) is 5.00. The first-order chi connectivity index (χ1) is 13.0. The van der Waals surface area contributed by atoms with E-state index in [9.17, 15) is 19.3 Å². The largest absolute Gasteiger partial charge is 0.337 e. The van der Waals surface area contributed by atoms with Crippen LogP contribution in [0.1, 0.15) is 27.9 Å². The van der Waals surface area contributed by atoms with E-state index in [1.807, 2.05) is 6.07 Å². The normalized spacial score (nSPS) is 15.4. The van der Waals surface area contributed by atoms with Crippen LogP contribution in [0.25, 0.3) is 0 Å². The summed E-state index contributed by atoms with van der Waals surface area (Å²) in [6.07, 6.45) is 0.801. The molecule has 1 heterocycles. The van der Waals surface area contributed by atoms with Crippen molar-refractivity contribution in [2.45, 2.75) is 19.9 Å². The molecule has 0 aromatic heterocycles. The quantitative estimate of drug-likeness (QED) is 0.610. The second-order valence-electron chi connectivity index (χ2n) is 6.75. The molecule has 0 bridgehead atoms. The minimum atomic E-state index is -0.418. The van der Waals surface area contributed by atoms with Crippen molar-refractivity contribution in [1.82, 2.24) is 9.80 Å². The number of nitro benzene ring substituents is 1. The van der Waals surface area contributed by atoms with Crippen LogP contribution in [0.5, 0.6) is 0 Å². The van der Waals surface area contributed by atoms with Crippen molar-refractivity contribution >= 4 is 11.6 Å². The first-order valence-corrected chi connectivity index (χ1v) is 8.96. The fourth-order valence-corrected chi connectivity index (χ4v) is 3.42. The lowest BCUT2D eigenvalue weighted by molar-refractivity contribution is -0.385. The molecule has 0 saturated carbocycles. The van der Waals surface area contributed by atoms with Gasteiger partial charge in [0.25, 0.3) is 11.6 Å². The molecular weight excluding hydrogens is 349 g/mol. The molecule has 2 aromatic rings. The highest BCUT2D eigenvalue weighted by molar-refractivity contribution is 5.94. The highest BCUT2D eigenvalue weighted by Crippen LogP contribution is 2.23. The molecule has 0 radical (unpaired) electrons. The third-order valence-corrected chi connectivity index (χ3v) is 4.96. The summed E-state index contributed by atoms with van der Waals surface area (Å²) in [5, 5.41) is 11.1. The first-order valence-electron chi connectivity index (χ1n) is 8.96. The summed E-state index contributed by atoms with van der Waals surface area (Å²) in [5.74, 6) is -0.582. The average Bonchev–Trinajstić information content (AvgIpc) is 2.88. The molecule has 1 aliphatic heterocycles. The number of halogens is 1. The zero-order valence-corrected chi connectivity index (χ0v) is 15.2. The summed E-state index contributed by atoms with van der Waals surface area (Å²) >= 11 is 0. The summed E-state index contributed by atoms with van der Waals surface area (Å²) in [5.41, 5.74) is 2.09. The molecule has 6 nitrogen and oxygen atoms in total. The van der Waals surface area contributed by atoms with Crippen LogP contribution in [-0.4, -0.2) is 46.8 Å². The number of nitrogens with zero attached hydrogens (tertiary/aromatic N) is 3. The van der Waals surface area contributed by atoms with Gasteiger partial charge in [0, 0.05) is 49.9 Å². The van der Waals surface area contributed by atoms with E-state index in [-0.39, 0.29) is 16.5 Å². The summed E-state index contributed by atoms with van der Waals surface area (Å²) in [6, 6.07) is 10.9. The Hall–Kier alpha value is -2.80. The SMILES string of the molecule is Cc1c(CN2CCCN(C(=O)c3cccc(F)c3)CC2)cccc1[N+](=O)[O-]. The van der Waals surface area contributed by atoms with E-state index in [2.05, 4.69) is 4.90 Å². The van der Waals surface area contributed by atoms with Gasteiger partial charge in [-0.25, -0.2) is 4.39 Å². The van der Waals surface area contributed by atoms with Crippen LogP contribution in [0.15, 0.2) is 42.5 Å². The van der Waals surface area contributed by atoms with Crippen molar-refractivity contribution in [1.29, 1.82) is 0 Å². The van der Waals surface area contributed by atoms with E-state index in [1.54, 1.807) is 24.0 Å². The average molecular weight is 371 g/mol. The van der Waals surface area contributed by atoms with E-state index in [4.69, 9.17) is 0 Å². The Kier molecular flexibility index (Phi) is 5.81. The highest BCUT2D eigenvalue weighted by Gasteiger charge is 2.22. The maximum absolute atomic E-state index is 13.4. The van der Waals surface area contributed by atoms with E-state index in [1.165, 1.54) is 24.3 Å². The predicted octanol–water partition coefficient (Wildman–Crippen LogP) is 3.39. The second-order valence-corrected chi connectivity index (χ2v) is 6.75. The minimum absolute atomic E-state index is 0.130. The van der Waals surface area contributed by atoms with Crippen molar-refractivity contribution in [3.05, 3.63) is 75.1 Å². The molecule has 0 unspecified atom stereocenters. The molecule has 0 aliphatic carbocycles. The number of hydrogen-bond donors (Lipinski definition) is 0. The highest BCUT2D eigenvalue weighted by atomic mass is 19.1. The molecular formula is C20H22FN3O3. The summed E-state index contributed by atoms with van der Waals surface area (Å²) in [7, 11) is 0. The van der Waals surface area contributed by atoms with Crippen LogP contribution in [-0.2, 0) is 6.54 Å². The topological polar surface area (TPSA) is 66.7 Å². The van der Waals surface area contributed by atoms with Crippen LogP contribution in [0, 0.1) is 22.9 Å². The Balaban J connectivity index is 1.66. The van der Waals surface area contributed by atoms with Crippen LogP contribution >= 0.6 is 0 Å². The number of rotatable bonds is 4. The number of hydrogen-bond acceptors (Lipinski definition) is 4. The van der Waals surface area contributed by atoms with Gasteiger partial charge in [0.1, 0.15) is 5.82 Å². The number of nitro groups is 1. The zero-order valence-electron chi connectivity index (χ0n) is 15.2. The zero-order chi connectivity index (χ0) is 19.4. The van der Waals surface area contributed by atoms with Crippen LogP contribution in [0.4, 0.5) is 10.1 Å². The lowest BCUT2D eigenvalue weighted by atomic mass is 10.1. The van der Waals surface area contributed by atoms with Gasteiger partial charge in [-0.15, -0.1) is 0 Å². The van der Waals surface area contributed by atoms with Crippen LogP contribution < -0.4 is 0 Å². The lowest BCUT2D eigenvalue weighted by Crippen LogP contribution is -2.35. The van der Waals surface area contributed by atoms with Gasteiger partial charge in [0.2, 0.25) is 0 Å². The van der Waals surface area contributed by atoms with Gasteiger partial charge >= 0.3 is 0 Å². The van der Waals surface area contributed by atoms with Crippen molar-refractivity contribution < 1.29 is 14.1 Å². The predicted molar refractivity (Wildman–Crippen MR) is 100 cm³/mol. The maximum atomic E-state index is 13.4. The van der Waals surface area contributed by atoms with Gasteiger partial charge in [0.05, 0.1) is 4.92 Å². The van der Waals surface area contributed by atoms with Crippen LogP contribution in [0.2, 0.25) is 0 Å². The Morgan fingerprint density at radius 1 is 1.15 bits per heavy atom. The van der Waals surface area contributed by atoms with Crippen LogP contribution in [0.3, 0.4) is 0 Å². The molecule has 142 valence electrons. The molecule has 1 aliphatic rings. The second kappa shape index (κ2) is 8.26. The number of benzene rings is 2. The smallest absolute Gasteiger partial charge is 0.272 e.